The van der Waals surface area contributed by atoms with Crippen LogP contribution in [0, 0.1) is 6.92 Å². The summed E-state index contributed by atoms with van der Waals surface area (Å²) in [5, 5.41) is 3.67. The van der Waals surface area contributed by atoms with Gasteiger partial charge in [-0.25, -0.2) is 4.79 Å². The number of methoxy groups -OCH3 is 2. The van der Waals surface area contributed by atoms with Crippen LogP contribution in [-0.4, -0.2) is 54.8 Å². The molecular weight excluding hydrogens is 252 g/mol. The quantitative estimate of drug-likeness (QED) is 0.737. The highest BCUT2D eigenvalue weighted by molar-refractivity contribution is 5.95. The average Bonchev–Trinajstić information content (AvgIpc) is 3.03. The van der Waals surface area contributed by atoms with Crippen LogP contribution in [-0.2, 0) is 14.3 Å². The summed E-state index contributed by atoms with van der Waals surface area (Å²) >= 11 is 0. The number of rotatable bonds is 3. The molecule has 1 saturated heterocycles. The number of aryl methyl sites for hydroxylation is 1. The van der Waals surface area contributed by atoms with Gasteiger partial charge in [0.2, 0.25) is 0 Å². The number of amides is 1. The molecule has 1 aliphatic rings. The molecule has 0 unspecified atom stereocenters. The van der Waals surface area contributed by atoms with Crippen LogP contribution in [0.5, 0.6) is 0 Å². The molecule has 1 aromatic heterocycles. The minimum absolute atomic E-state index is 0.180. The first kappa shape index (κ1) is 13.5. The largest absolute Gasteiger partial charge is 0.467 e. The molecule has 7 heteroatoms. The topological polar surface area (TPSA) is 81.9 Å². The zero-order valence-electron chi connectivity index (χ0n) is 11.1. The second-order valence-electron chi connectivity index (χ2n) is 4.41. The van der Waals surface area contributed by atoms with E-state index in [0.717, 1.165) is 0 Å². The summed E-state index contributed by atoms with van der Waals surface area (Å²) in [6, 6.07) is 0.899. The van der Waals surface area contributed by atoms with Gasteiger partial charge in [-0.3, -0.25) is 4.79 Å². The van der Waals surface area contributed by atoms with Crippen LogP contribution in [0.2, 0.25) is 0 Å². The normalized spacial score (nSPS) is 22.6. The van der Waals surface area contributed by atoms with Crippen LogP contribution in [0.4, 0.5) is 0 Å². The van der Waals surface area contributed by atoms with Gasteiger partial charge in [-0.05, 0) is 6.92 Å². The van der Waals surface area contributed by atoms with E-state index in [2.05, 4.69) is 5.16 Å². The predicted octanol–water partition coefficient (Wildman–Crippen LogP) is 0.386. The Labute approximate surface area is 110 Å². The van der Waals surface area contributed by atoms with Gasteiger partial charge >= 0.3 is 5.97 Å². The fourth-order valence-corrected chi connectivity index (χ4v) is 2.17. The lowest BCUT2D eigenvalue weighted by atomic mass is 10.2. The van der Waals surface area contributed by atoms with Crippen molar-refractivity contribution in [3.8, 4) is 0 Å². The number of nitrogens with zero attached hydrogens (tertiary/aromatic N) is 2. The Bertz CT molecular complexity index is 484. The maximum absolute atomic E-state index is 12.3. The van der Waals surface area contributed by atoms with Crippen molar-refractivity contribution in [2.45, 2.75) is 25.5 Å². The third-order valence-electron chi connectivity index (χ3n) is 3.18. The van der Waals surface area contributed by atoms with E-state index in [0.29, 0.717) is 18.7 Å². The summed E-state index contributed by atoms with van der Waals surface area (Å²) in [5.74, 6) is -0.264. The van der Waals surface area contributed by atoms with Gasteiger partial charge in [-0.1, -0.05) is 5.16 Å². The van der Waals surface area contributed by atoms with Gasteiger partial charge in [0.15, 0.2) is 5.69 Å². The molecule has 2 rings (SSSR count). The van der Waals surface area contributed by atoms with E-state index in [-0.39, 0.29) is 17.7 Å². The van der Waals surface area contributed by atoms with E-state index >= 15 is 0 Å². The second-order valence-corrected chi connectivity index (χ2v) is 4.41. The smallest absolute Gasteiger partial charge is 0.328 e. The third-order valence-corrected chi connectivity index (χ3v) is 3.18. The van der Waals surface area contributed by atoms with Crippen molar-refractivity contribution >= 4 is 11.9 Å². The Kier molecular flexibility index (Phi) is 3.84. The summed E-state index contributed by atoms with van der Waals surface area (Å²) in [6.07, 6.45) is 0.243. The molecule has 0 N–H and O–H groups in total. The molecule has 19 heavy (non-hydrogen) atoms. The van der Waals surface area contributed by atoms with E-state index < -0.39 is 12.0 Å². The molecule has 1 aliphatic heterocycles. The molecule has 0 spiro atoms. The summed E-state index contributed by atoms with van der Waals surface area (Å²) in [6.45, 7) is 2.03. The molecule has 2 heterocycles. The lowest BCUT2D eigenvalue weighted by Gasteiger charge is -2.20. The number of carbonyl (C=O) groups is 2. The van der Waals surface area contributed by atoms with Gasteiger partial charge in [-0.15, -0.1) is 0 Å². The second kappa shape index (κ2) is 5.40. The van der Waals surface area contributed by atoms with Crippen molar-refractivity contribution in [2.24, 2.45) is 0 Å². The van der Waals surface area contributed by atoms with E-state index in [1.54, 1.807) is 14.0 Å². The van der Waals surface area contributed by atoms with Crippen LogP contribution in [0.3, 0.4) is 0 Å². The molecule has 0 aromatic carbocycles. The Morgan fingerprint density at radius 2 is 2.21 bits per heavy atom. The molecular formula is C12H16N2O5. The van der Waals surface area contributed by atoms with Gasteiger partial charge < -0.3 is 18.9 Å². The number of hydrogen-bond acceptors (Lipinski definition) is 6. The molecule has 0 bridgehead atoms. The molecule has 1 fully saturated rings. The minimum Gasteiger partial charge on any atom is -0.467 e. The van der Waals surface area contributed by atoms with E-state index in [1.165, 1.54) is 18.1 Å². The van der Waals surface area contributed by atoms with Crippen LogP contribution in [0.15, 0.2) is 10.6 Å². The standard InChI is InChI=1S/C12H16N2O5/c1-7-4-9(13-19-7)11(15)14-6-8(17-2)5-10(14)12(16)18-3/h4,8,10H,5-6H2,1-3H3/t8-,10-/m1/s1. The minimum atomic E-state index is -0.639. The van der Waals surface area contributed by atoms with Crippen LogP contribution < -0.4 is 0 Å². The van der Waals surface area contributed by atoms with Crippen LogP contribution in [0.1, 0.15) is 22.7 Å². The Morgan fingerprint density at radius 1 is 1.47 bits per heavy atom. The van der Waals surface area contributed by atoms with Gasteiger partial charge in [-0.2, -0.15) is 0 Å². The van der Waals surface area contributed by atoms with E-state index in [1.807, 2.05) is 0 Å². The Morgan fingerprint density at radius 3 is 2.74 bits per heavy atom. The van der Waals surface area contributed by atoms with Crippen LogP contribution >= 0.6 is 0 Å². The number of aromatic nitrogens is 1. The number of hydrogen-bond donors (Lipinski definition) is 0. The molecule has 2 atom stereocenters. The van der Waals surface area contributed by atoms with Crippen molar-refractivity contribution in [3.63, 3.8) is 0 Å². The SMILES string of the molecule is COC(=O)[C@H]1C[C@@H](OC)CN1C(=O)c1cc(C)on1. The van der Waals surface area contributed by atoms with Crippen molar-refractivity contribution in [2.75, 3.05) is 20.8 Å². The summed E-state index contributed by atoms with van der Waals surface area (Å²) in [4.78, 5) is 25.4. The van der Waals surface area contributed by atoms with Crippen molar-refractivity contribution in [1.29, 1.82) is 0 Å². The predicted molar refractivity (Wildman–Crippen MR) is 63.5 cm³/mol. The van der Waals surface area contributed by atoms with Crippen molar-refractivity contribution < 1.29 is 23.6 Å². The highest BCUT2D eigenvalue weighted by Gasteiger charge is 2.41. The van der Waals surface area contributed by atoms with Gasteiger partial charge in [0.25, 0.3) is 5.91 Å². The number of esters is 1. The summed E-state index contributed by atoms with van der Waals surface area (Å²) in [5.41, 5.74) is 0.183. The van der Waals surface area contributed by atoms with Gasteiger partial charge in [0.05, 0.1) is 13.2 Å². The number of ether oxygens (including phenoxy) is 2. The molecule has 0 aliphatic carbocycles. The van der Waals surface area contributed by atoms with Crippen LogP contribution in [0.25, 0.3) is 0 Å². The highest BCUT2D eigenvalue weighted by atomic mass is 16.5. The fourth-order valence-electron chi connectivity index (χ4n) is 2.17. The number of likely N-dealkylation sites (tertiary alicyclic amines) is 1. The van der Waals surface area contributed by atoms with Gasteiger partial charge in [0, 0.05) is 26.1 Å². The zero-order valence-corrected chi connectivity index (χ0v) is 11.1. The molecule has 1 aromatic rings. The Balaban J connectivity index is 2.20. The lowest BCUT2D eigenvalue weighted by molar-refractivity contribution is -0.145. The number of carbonyl (C=O) groups excluding carboxylic acids is 2. The molecule has 104 valence electrons. The average molecular weight is 268 g/mol. The maximum Gasteiger partial charge on any atom is 0.328 e. The first-order chi connectivity index (χ1) is 9.06. The van der Waals surface area contributed by atoms with Gasteiger partial charge in [0.1, 0.15) is 11.8 Å². The third kappa shape index (κ3) is 2.60. The highest BCUT2D eigenvalue weighted by Crippen LogP contribution is 2.23. The fraction of sp³-hybridized carbons (Fsp3) is 0.583. The first-order valence-corrected chi connectivity index (χ1v) is 5.91. The molecule has 1 amide bonds. The first-order valence-electron chi connectivity index (χ1n) is 5.91. The van der Waals surface area contributed by atoms with Crippen molar-refractivity contribution in [3.05, 3.63) is 17.5 Å². The monoisotopic (exact) mass is 268 g/mol. The molecule has 0 radical (unpaired) electrons. The molecule has 7 nitrogen and oxygen atoms in total. The van der Waals surface area contributed by atoms with E-state index in [4.69, 9.17) is 14.0 Å². The lowest BCUT2D eigenvalue weighted by Crippen LogP contribution is -2.41. The van der Waals surface area contributed by atoms with E-state index in [9.17, 15) is 9.59 Å². The zero-order chi connectivity index (χ0) is 14.0. The molecule has 0 saturated carbocycles. The Hall–Kier alpha value is -1.89. The summed E-state index contributed by atoms with van der Waals surface area (Å²) < 4.78 is 14.8. The van der Waals surface area contributed by atoms with Crippen molar-refractivity contribution in [1.82, 2.24) is 10.1 Å². The summed E-state index contributed by atoms with van der Waals surface area (Å²) in [7, 11) is 2.85. The maximum atomic E-state index is 12.3.